The third-order valence-corrected chi connectivity index (χ3v) is 2.59. The number of rotatable bonds is 4. The highest BCUT2D eigenvalue weighted by atomic mass is 16.3. The maximum Gasteiger partial charge on any atom is 0.191 e. The molecule has 0 heterocycles. The van der Waals surface area contributed by atoms with Gasteiger partial charge < -0.3 is 15.7 Å². The predicted octanol–water partition coefficient (Wildman–Crippen LogP) is 1.61. The number of phenolic OH excluding ortho intramolecular Hbond substituents is 1. The van der Waals surface area contributed by atoms with Crippen molar-refractivity contribution in [3.05, 3.63) is 29.8 Å². The van der Waals surface area contributed by atoms with E-state index >= 15 is 0 Å². The average molecular weight is 233 g/mol. The predicted molar refractivity (Wildman–Crippen MR) is 69.1 cm³/mol. The van der Waals surface area contributed by atoms with Gasteiger partial charge in [-0.25, -0.2) is 4.99 Å². The Morgan fingerprint density at radius 3 is 2.94 bits per heavy atom. The molecule has 1 fully saturated rings. The Balaban J connectivity index is 1.95. The summed E-state index contributed by atoms with van der Waals surface area (Å²) in [6.07, 6.45) is 2.47. The van der Waals surface area contributed by atoms with E-state index in [0.29, 0.717) is 12.6 Å². The first-order chi connectivity index (χ1) is 8.28. The molecule has 0 spiro atoms. The number of guanidine groups is 1. The highest BCUT2D eigenvalue weighted by molar-refractivity contribution is 5.80. The van der Waals surface area contributed by atoms with Gasteiger partial charge >= 0.3 is 0 Å². The fraction of sp³-hybridized carbons (Fsp3) is 0.462. The zero-order valence-corrected chi connectivity index (χ0v) is 10.1. The zero-order chi connectivity index (χ0) is 12.1. The van der Waals surface area contributed by atoms with Crippen LogP contribution in [0.2, 0.25) is 0 Å². The number of benzene rings is 1. The van der Waals surface area contributed by atoms with E-state index in [-0.39, 0.29) is 5.75 Å². The number of nitrogens with zero attached hydrogens (tertiary/aromatic N) is 1. The summed E-state index contributed by atoms with van der Waals surface area (Å²) < 4.78 is 0. The Morgan fingerprint density at radius 1 is 1.47 bits per heavy atom. The maximum atomic E-state index is 9.36. The van der Waals surface area contributed by atoms with Gasteiger partial charge in [-0.3, -0.25) is 0 Å². The second kappa shape index (κ2) is 5.57. The first kappa shape index (κ1) is 11.8. The Labute approximate surface area is 102 Å². The van der Waals surface area contributed by atoms with Crippen LogP contribution in [-0.2, 0) is 6.54 Å². The number of hydrogen-bond acceptors (Lipinski definition) is 2. The first-order valence-electron chi connectivity index (χ1n) is 6.10. The normalized spacial score (nSPS) is 15.7. The lowest BCUT2D eigenvalue weighted by atomic mass is 10.2. The highest BCUT2D eigenvalue weighted by Gasteiger charge is 2.21. The molecule has 1 aromatic rings. The molecule has 17 heavy (non-hydrogen) atoms. The van der Waals surface area contributed by atoms with E-state index in [1.807, 2.05) is 12.1 Å². The van der Waals surface area contributed by atoms with Crippen LogP contribution in [-0.4, -0.2) is 23.7 Å². The van der Waals surface area contributed by atoms with E-state index in [9.17, 15) is 5.11 Å². The van der Waals surface area contributed by atoms with Crippen molar-refractivity contribution >= 4 is 5.96 Å². The molecule has 0 aromatic heterocycles. The molecule has 92 valence electrons. The molecular formula is C13H19N3O. The Kier molecular flexibility index (Phi) is 3.85. The molecule has 0 saturated heterocycles. The lowest BCUT2D eigenvalue weighted by Gasteiger charge is -2.10. The summed E-state index contributed by atoms with van der Waals surface area (Å²) in [5.41, 5.74) is 1.01. The van der Waals surface area contributed by atoms with Crippen LogP contribution < -0.4 is 10.6 Å². The minimum Gasteiger partial charge on any atom is -0.508 e. The van der Waals surface area contributed by atoms with Crippen LogP contribution in [0, 0.1) is 0 Å². The maximum absolute atomic E-state index is 9.36. The van der Waals surface area contributed by atoms with Crippen LogP contribution in [0.1, 0.15) is 25.3 Å². The lowest BCUT2D eigenvalue weighted by molar-refractivity contribution is 0.474. The van der Waals surface area contributed by atoms with Crippen LogP contribution in [0.15, 0.2) is 29.3 Å². The first-order valence-corrected chi connectivity index (χ1v) is 6.10. The van der Waals surface area contributed by atoms with E-state index in [1.54, 1.807) is 12.1 Å². The zero-order valence-electron chi connectivity index (χ0n) is 10.1. The van der Waals surface area contributed by atoms with Gasteiger partial charge in [0, 0.05) is 12.6 Å². The summed E-state index contributed by atoms with van der Waals surface area (Å²) in [6, 6.07) is 7.80. The van der Waals surface area contributed by atoms with Gasteiger partial charge in [-0.2, -0.15) is 0 Å². The number of phenols is 1. The third kappa shape index (κ3) is 3.98. The molecule has 1 aliphatic rings. The van der Waals surface area contributed by atoms with Crippen LogP contribution in [0.3, 0.4) is 0 Å². The molecule has 0 aliphatic heterocycles. The van der Waals surface area contributed by atoms with Crippen molar-refractivity contribution < 1.29 is 5.11 Å². The van der Waals surface area contributed by atoms with E-state index in [4.69, 9.17) is 0 Å². The van der Waals surface area contributed by atoms with E-state index < -0.39 is 0 Å². The van der Waals surface area contributed by atoms with Gasteiger partial charge in [0.2, 0.25) is 0 Å². The molecule has 0 bridgehead atoms. The van der Waals surface area contributed by atoms with Crippen molar-refractivity contribution in [2.45, 2.75) is 32.4 Å². The molecule has 0 amide bonds. The van der Waals surface area contributed by atoms with Crippen molar-refractivity contribution in [3.63, 3.8) is 0 Å². The Bertz CT molecular complexity index is 399. The smallest absolute Gasteiger partial charge is 0.191 e. The summed E-state index contributed by atoms with van der Waals surface area (Å²) in [5, 5.41) is 15.9. The van der Waals surface area contributed by atoms with Gasteiger partial charge in [-0.1, -0.05) is 12.1 Å². The van der Waals surface area contributed by atoms with Gasteiger partial charge in [0.25, 0.3) is 0 Å². The topological polar surface area (TPSA) is 56.7 Å². The minimum absolute atomic E-state index is 0.290. The van der Waals surface area contributed by atoms with Crippen LogP contribution in [0.4, 0.5) is 0 Å². The summed E-state index contributed by atoms with van der Waals surface area (Å²) in [4.78, 5) is 4.49. The fourth-order valence-electron chi connectivity index (χ4n) is 1.57. The van der Waals surface area contributed by atoms with Gasteiger partial charge in [0.05, 0.1) is 6.54 Å². The number of hydrogen-bond donors (Lipinski definition) is 3. The molecule has 0 radical (unpaired) electrons. The largest absolute Gasteiger partial charge is 0.508 e. The number of aliphatic imine (C=N–C) groups is 1. The summed E-state index contributed by atoms with van der Waals surface area (Å²) in [5.74, 6) is 1.15. The molecule has 1 aromatic carbocycles. The van der Waals surface area contributed by atoms with E-state index in [1.165, 1.54) is 12.8 Å². The van der Waals surface area contributed by atoms with Gasteiger partial charge in [-0.05, 0) is 37.5 Å². The minimum atomic E-state index is 0.290. The summed E-state index contributed by atoms with van der Waals surface area (Å²) in [6.45, 7) is 3.49. The van der Waals surface area contributed by atoms with Crippen LogP contribution >= 0.6 is 0 Å². The van der Waals surface area contributed by atoms with Crippen molar-refractivity contribution in [1.29, 1.82) is 0 Å². The molecule has 4 heteroatoms. The highest BCUT2D eigenvalue weighted by Crippen LogP contribution is 2.18. The van der Waals surface area contributed by atoms with Crippen molar-refractivity contribution in [2.75, 3.05) is 6.54 Å². The van der Waals surface area contributed by atoms with Crippen LogP contribution in [0.25, 0.3) is 0 Å². The number of nitrogens with one attached hydrogen (secondary N) is 2. The molecule has 0 unspecified atom stereocenters. The quantitative estimate of drug-likeness (QED) is 0.547. The second-order valence-electron chi connectivity index (χ2n) is 4.28. The van der Waals surface area contributed by atoms with Gasteiger partial charge in [0.15, 0.2) is 5.96 Å². The SMILES string of the molecule is CCNC(=NCc1cccc(O)c1)NC1CC1. The van der Waals surface area contributed by atoms with E-state index in [0.717, 1.165) is 18.1 Å². The molecule has 4 nitrogen and oxygen atoms in total. The molecule has 3 N–H and O–H groups in total. The monoisotopic (exact) mass is 233 g/mol. The van der Waals surface area contributed by atoms with Crippen molar-refractivity contribution in [3.8, 4) is 5.75 Å². The molecule has 0 atom stereocenters. The van der Waals surface area contributed by atoms with E-state index in [2.05, 4.69) is 22.5 Å². The Morgan fingerprint density at radius 2 is 2.29 bits per heavy atom. The van der Waals surface area contributed by atoms with Crippen molar-refractivity contribution in [1.82, 2.24) is 10.6 Å². The summed E-state index contributed by atoms with van der Waals surface area (Å²) in [7, 11) is 0. The van der Waals surface area contributed by atoms with Gasteiger partial charge in [0.1, 0.15) is 5.75 Å². The molecule has 2 rings (SSSR count). The third-order valence-electron chi connectivity index (χ3n) is 2.59. The van der Waals surface area contributed by atoms with Gasteiger partial charge in [-0.15, -0.1) is 0 Å². The standard InChI is InChI=1S/C13H19N3O/c1-2-14-13(16-11-6-7-11)15-9-10-4-3-5-12(17)8-10/h3-5,8,11,17H,2,6-7,9H2,1H3,(H2,14,15,16). The lowest BCUT2D eigenvalue weighted by Crippen LogP contribution is -2.38. The Hall–Kier alpha value is -1.71. The summed E-state index contributed by atoms with van der Waals surface area (Å²) >= 11 is 0. The average Bonchev–Trinajstić information content (AvgIpc) is 3.10. The van der Waals surface area contributed by atoms with Crippen LogP contribution in [0.5, 0.6) is 5.75 Å². The van der Waals surface area contributed by atoms with Crippen molar-refractivity contribution in [2.24, 2.45) is 4.99 Å². The molecule has 1 saturated carbocycles. The molecule has 1 aliphatic carbocycles. The second-order valence-corrected chi connectivity index (χ2v) is 4.28. The molecular weight excluding hydrogens is 214 g/mol. The fourth-order valence-corrected chi connectivity index (χ4v) is 1.57. The number of aromatic hydroxyl groups is 1.